The summed E-state index contributed by atoms with van der Waals surface area (Å²) in [5.74, 6) is 1.01. The number of benzene rings is 2. The second-order valence-corrected chi connectivity index (χ2v) is 6.82. The van der Waals surface area contributed by atoms with Crippen LogP contribution in [0.2, 0.25) is 0 Å². The fraction of sp³-hybridized carbons (Fsp3) is 0.381. The van der Waals surface area contributed by atoms with Crippen LogP contribution in [-0.2, 0) is 11.3 Å². The van der Waals surface area contributed by atoms with Crippen LogP contribution in [0, 0.1) is 6.92 Å². The second kappa shape index (κ2) is 8.72. The average Bonchev–Trinajstić information content (AvgIpc) is 2.68. The highest BCUT2D eigenvalue weighted by Gasteiger charge is 2.22. The van der Waals surface area contributed by atoms with Gasteiger partial charge in [-0.05, 0) is 30.2 Å². The third-order valence-electron chi connectivity index (χ3n) is 5.04. The Kier molecular flexibility index (Phi) is 6.12. The molecule has 26 heavy (non-hydrogen) atoms. The molecular formula is C21H28N3O2+. The van der Waals surface area contributed by atoms with Gasteiger partial charge in [-0.25, -0.2) is 0 Å². The van der Waals surface area contributed by atoms with Gasteiger partial charge in [-0.2, -0.15) is 0 Å². The predicted octanol–water partition coefficient (Wildman–Crippen LogP) is 1.02. The first-order valence-electron chi connectivity index (χ1n) is 9.19. The minimum atomic E-state index is 0.123. The van der Waals surface area contributed by atoms with Gasteiger partial charge in [0, 0.05) is 18.3 Å². The van der Waals surface area contributed by atoms with Crippen LogP contribution in [0.3, 0.4) is 0 Å². The number of nitrogens with one attached hydrogen (secondary N) is 2. The number of aryl methyl sites for hydroxylation is 1. The quantitative estimate of drug-likeness (QED) is 0.814. The van der Waals surface area contributed by atoms with E-state index in [1.54, 1.807) is 7.11 Å². The van der Waals surface area contributed by atoms with Gasteiger partial charge < -0.3 is 19.9 Å². The molecule has 5 nitrogen and oxygen atoms in total. The lowest BCUT2D eigenvalue weighted by atomic mass is 10.1. The zero-order valence-corrected chi connectivity index (χ0v) is 15.6. The summed E-state index contributed by atoms with van der Waals surface area (Å²) in [4.78, 5) is 16.0. The molecule has 2 N–H and O–H groups in total. The van der Waals surface area contributed by atoms with E-state index in [9.17, 15) is 4.79 Å². The normalized spacial score (nSPS) is 14.9. The monoisotopic (exact) mass is 354 g/mol. The third-order valence-corrected chi connectivity index (χ3v) is 5.04. The third kappa shape index (κ3) is 4.76. The van der Waals surface area contributed by atoms with Crippen molar-refractivity contribution >= 4 is 11.6 Å². The predicted molar refractivity (Wildman–Crippen MR) is 104 cm³/mol. The van der Waals surface area contributed by atoms with E-state index in [2.05, 4.69) is 41.4 Å². The maximum atomic E-state index is 12.3. The van der Waals surface area contributed by atoms with E-state index in [1.807, 2.05) is 24.3 Å². The first-order chi connectivity index (χ1) is 12.7. The van der Waals surface area contributed by atoms with Crippen LogP contribution in [0.15, 0.2) is 48.5 Å². The smallest absolute Gasteiger partial charge is 0.275 e. The number of ether oxygens (including phenoxy) is 1. The molecule has 0 spiro atoms. The molecular weight excluding hydrogens is 326 g/mol. The Morgan fingerprint density at radius 1 is 1.15 bits per heavy atom. The lowest BCUT2D eigenvalue weighted by Gasteiger charge is -2.33. The van der Waals surface area contributed by atoms with Crippen LogP contribution in [0.5, 0.6) is 5.75 Å². The van der Waals surface area contributed by atoms with Gasteiger partial charge in [-0.15, -0.1) is 0 Å². The number of hydrogen-bond acceptors (Lipinski definition) is 3. The zero-order chi connectivity index (χ0) is 18.4. The Labute approximate surface area is 155 Å². The van der Waals surface area contributed by atoms with Gasteiger partial charge in [-0.1, -0.05) is 30.3 Å². The molecule has 0 radical (unpaired) electrons. The maximum Gasteiger partial charge on any atom is 0.275 e. The fourth-order valence-electron chi connectivity index (χ4n) is 3.36. The van der Waals surface area contributed by atoms with Crippen molar-refractivity contribution in [3.05, 3.63) is 59.7 Å². The van der Waals surface area contributed by atoms with Crippen LogP contribution in [-0.4, -0.2) is 45.7 Å². The molecule has 0 bridgehead atoms. The number of methoxy groups -OCH3 is 1. The number of amides is 1. The van der Waals surface area contributed by atoms with Crippen LogP contribution in [0.1, 0.15) is 11.1 Å². The summed E-state index contributed by atoms with van der Waals surface area (Å²) in [7, 11) is 1.69. The lowest BCUT2D eigenvalue weighted by Crippen LogP contribution is -3.15. The van der Waals surface area contributed by atoms with Crippen molar-refractivity contribution in [1.29, 1.82) is 0 Å². The van der Waals surface area contributed by atoms with E-state index in [0.717, 1.165) is 31.9 Å². The van der Waals surface area contributed by atoms with E-state index in [4.69, 9.17) is 4.74 Å². The van der Waals surface area contributed by atoms with Crippen LogP contribution in [0.25, 0.3) is 0 Å². The molecule has 0 aliphatic carbocycles. The minimum Gasteiger partial charge on any atom is -0.497 e. The first kappa shape index (κ1) is 18.3. The molecule has 1 amide bonds. The molecule has 5 heteroatoms. The van der Waals surface area contributed by atoms with Crippen LogP contribution in [0.4, 0.5) is 5.69 Å². The fourth-order valence-corrected chi connectivity index (χ4v) is 3.36. The van der Waals surface area contributed by atoms with Gasteiger partial charge in [0.2, 0.25) is 0 Å². The topological polar surface area (TPSA) is 46.0 Å². The first-order valence-corrected chi connectivity index (χ1v) is 9.19. The van der Waals surface area contributed by atoms with Crippen molar-refractivity contribution in [2.45, 2.75) is 13.5 Å². The standard InChI is InChI=1S/C21H27N3O2/c1-17-6-3-4-7-18(17)15-22-21(25)16-23-10-12-24(13-11-23)19-8-5-9-20(14-19)26-2/h3-9,14H,10-13,15-16H2,1-2H3,(H,22,25)/p+1. The molecule has 3 rings (SSSR count). The van der Waals surface area contributed by atoms with E-state index < -0.39 is 0 Å². The summed E-state index contributed by atoms with van der Waals surface area (Å²) >= 11 is 0. The molecule has 1 aliphatic rings. The van der Waals surface area contributed by atoms with Crippen molar-refractivity contribution in [2.75, 3.05) is 44.7 Å². The Balaban J connectivity index is 1.44. The van der Waals surface area contributed by atoms with Gasteiger partial charge in [0.1, 0.15) is 5.75 Å². The molecule has 1 fully saturated rings. The van der Waals surface area contributed by atoms with Crippen molar-refractivity contribution in [2.24, 2.45) is 0 Å². The van der Waals surface area contributed by atoms with Gasteiger partial charge >= 0.3 is 0 Å². The van der Waals surface area contributed by atoms with Gasteiger partial charge in [0.15, 0.2) is 6.54 Å². The Morgan fingerprint density at radius 2 is 1.92 bits per heavy atom. The number of hydrogen-bond donors (Lipinski definition) is 2. The maximum absolute atomic E-state index is 12.3. The average molecular weight is 354 g/mol. The summed E-state index contributed by atoms with van der Waals surface area (Å²) in [6.07, 6.45) is 0. The highest BCUT2D eigenvalue weighted by Crippen LogP contribution is 2.20. The zero-order valence-electron chi connectivity index (χ0n) is 15.6. The molecule has 0 saturated carbocycles. The van der Waals surface area contributed by atoms with Gasteiger partial charge in [0.25, 0.3) is 5.91 Å². The number of carbonyl (C=O) groups is 1. The Morgan fingerprint density at radius 3 is 2.65 bits per heavy atom. The van der Waals surface area contributed by atoms with Crippen molar-refractivity contribution < 1.29 is 14.4 Å². The van der Waals surface area contributed by atoms with Crippen molar-refractivity contribution in [3.8, 4) is 5.75 Å². The lowest BCUT2D eigenvalue weighted by molar-refractivity contribution is -0.892. The van der Waals surface area contributed by atoms with E-state index in [-0.39, 0.29) is 5.91 Å². The van der Waals surface area contributed by atoms with Crippen LogP contribution < -0.4 is 19.9 Å². The number of nitrogens with zero attached hydrogens (tertiary/aromatic N) is 1. The summed E-state index contributed by atoms with van der Waals surface area (Å²) in [5, 5.41) is 3.06. The number of anilines is 1. The van der Waals surface area contributed by atoms with E-state index in [0.29, 0.717) is 13.1 Å². The van der Waals surface area contributed by atoms with Crippen molar-refractivity contribution in [1.82, 2.24) is 5.32 Å². The molecule has 1 aliphatic heterocycles. The SMILES string of the molecule is COc1cccc(N2CC[NH+](CC(=O)NCc3ccccc3C)CC2)c1. The van der Waals surface area contributed by atoms with Crippen molar-refractivity contribution in [3.63, 3.8) is 0 Å². The summed E-state index contributed by atoms with van der Waals surface area (Å²) in [6, 6.07) is 16.3. The summed E-state index contributed by atoms with van der Waals surface area (Å²) in [5.41, 5.74) is 3.58. The minimum absolute atomic E-state index is 0.123. The van der Waals surface area contributed by atoms with Crippen LogP contribution >= 0.6 is 0 Å². The number of rotatable bonds is 6. The molecule has 0 aromatic heterocycles. The molecule has 2 aromatic carbocycles. The highest BCUT2D eigenvalue weighted by atomic mass is 16.5. The molecule has 1 heterocycles. The number of carbonyl (C=O) groups excluding carboxylic acids is 1. The van der Waals surface area contributed by atoms with Gasteiger partial charge in [-0.3, -0.25) is 4.79 Å². The number of piperazine rings is 1. The molecule has 1 saturated heterocycles. The highest BCUT2D eigenvalue weighted by molar-refractivity contribution is 5.76. The second-order valence-electron chi connectivity index (χ2n) is 6.82. The molecule has 0 atom stereocenters. The van der Waals surface area contributed by atoms with E-state index in [1.165, 1.54) is 21.7 Å². The molecule has 0 unspecified atom stereocenters. The Bertz CT molecular complexity index is 740. The number of quaternary nitrogens is 1. The molecule has 138 valence electrons. The Hall–Kier alpha value is -2.53. The largest absolute Gasteiger partial charge is 0.497 e. The summed E-state index contributed by atoms with van der Waals surface area (Å²) in [6.45, 7) is 7.06. The molecule has 2 aromatic rings. The van der Waals surface area contributed by atoms with E-state index >= 15 is 0 Å². The van der Waals surface area contributed by atoms with Gasteiger partial charge in [0.05, 0.1) is 33.3 Å². The summed E-state index contributed by atoms with van der Waals surface area (Å²) < 4.78 is 5.31.